The van der Waals surface area contributed by atoms with Gasteiger partial charge in [-0.2, -0.15) is 0 Å². The Labute approximate surface area is 88.7 Å². The third-order valence-corrected chi connectivity index (χ3v) is 2.76. The zero-order valence-corrected chi connectivity index (χ0v) is 8.65. The van der Waals surface area contributed by atoms with Crippen LogP contribution in [0.5, 0.6) is 0 Å². The van der Waals surface area contributed by atoms with Gasteiger partial charge in [-0.3, -0.25) is 10.2 Å². The highest BCUT2D eigenvalue weighted by atomic mass is 16.4. The Morgan fingerprint density at radius 2 is 2.33 bits per heavy atom. The number of piperidine rings is 1. The number of rotatable bonds is 3. The number of aliphatic carboxylic acids is 1. The molecule has 0 saturated carbocycles. The highest BCUT2D eigenvalue weighted by Gasteiger charge is 2.24. The van der Waals surface area contributed by atoms with E-state index in [-0.39, 0.29) is 11.9 Å². The molecular weight excluding hydrogens is 196 g/mol. The van der Waals surface area contributed by atoms with E-state index < -0.39 is 12.0 Å². The van der Waals surface area contributed by atoms with E-state index in [0.717, 1.165) is 19.4 Å². The fourth-order valence-electron chi connectivity index (χ4n) is 1.94. The first-order valence-electron chi connectivity index (χ1n) is 5.08. The zero-order chi connectivity index (χ0) is 11.4. The summed E-state index contributed by atoms with van der Waals surface area (Å²) < 4.78 is 0. The van der Waals surface area contributed by atoms with Gasteiger partial charge in [-0.15, -0.1) is 0 Å². The molecule has 0 bridgehead atoms. The van der Waals surface area contributed by atoms with E-state index in [1.807, 2.05) is 0 Å². The van der Waals surface area contributed by atoms with Crippen molar-refractivity contribution in [3.63, 3.8) is 0 Å². The third-order valence-electron chi connectivity index (χ3n) is 2.76. The lowest BCUT2D eigenvalue weighted by atomic mass is 9.92. The number of likely N-dealkylation sites (tertiary alicyclic amines) is 1. The van der Waals surface area contributed by atoms with Gasteiger partial charge in [0.2, 0.25) is 0 Å². The quantitative estimate of drug-likeness (QED) is 0.369. The van der Waals surface area contributed by atoms with Crippen molar-refractivity contribution in [2.45, 2.75) is 25.3 Å². The fraction of sp³-hybridized carbons (Fsp3) is 0.778. The van der Waals surface area contributed by atoms with Gasteiger partial charge in [0.1, 0.15) is 6.04 Å². The third kappa shape index (κ3) is 3.39. The maximum atomic E-state index is 10.6. The van der Waals surface area contributed by atoms with Crippen LogP contribution in [0.4, 0.5) is 0 Å². The Balaban J connectivity index is 2.43. The van der Waals surface area contributed by atoms with Crippen LogP contribution in [0, 0.1) is 11.3 Å². The van der Waals surface area contributed by atoms with Crippen molar-refractivity contribution < 1.29 is 9.90 Å². The first kappa shape index (κ1) is 11.8. The van der Waals surface area contributed by atoms with Crippen LogP contribution in [0.1, 0.15) is 19.3 Å². The van der Waals surface area contributed by atoms with Gasteiger partial charge in [0, 0.05) is 13.1 Å². The summed E-state index contributed by atoms with van der Waals surface area (Å²) in [6, 6.07) is -0.804. The van der Waals surface area contributed by atoms with Gasteiger partial charge in [-0.25, -0.2) is 0 Å². The van der Waals surface area contributed by atoms with Crippen molar-refractivity contribution in [2.24, 2.45) is 17.4 Å². The van der Waals surface area contributed by atoms with Crippen LogP contribution in [-0.2, 0) is 4.79 Å². The number of hydrogen-bond acceptors (Lipinski definition) is 3. The summed E-state index contributed by atoms with van der Waals surface area (Å²) in [6.45, 7) is 1.43. The molecule has 86 valence electrons. The number of hydrogen-bond donors (Lipinski definition) is 4. The van der Waals surface area contributed by atoms with Crippen molar-refractivity contribution in [2.75, 3.05) is 13.1 Å². The van der Waals surface area contributed by atoms with Crippen LogP contribution >= 0.6 is 0 Å². The smallest absolute Gasteiger partial charge is 0.320 e. The van der Waals surface area contributed by atoms with Crippen LogP contribution in [0.15, 0.2) is 0 Å². The lowest BCUT2D eigenvalue weighted by Crippen LogP contribution is -2.45. The molecule has 0 radical (unpaired) electrons. The minimum Gasteiger partial charge on any atom is -0.480 e. The van der Waals surface area contributed by atoms with Crippen molar-refractivity contribution in [1.29, 1.82) is 5.41 Å². The van der Waals surface area contributed by atoms with E-state index >= 15 is 0 Å². The van der Waals surface area contributed by atoms with Gasteiger partial charge in [0.15, 0.2) is 5.96 Å². The maximum Gasteiger partial charge on any atom is 0.320 e. The molecule has 0 spiro atoms. The molecule has 1 fully saturated rings. The SMILES string of the molecule is N=C(N)N1CCCC(CC(N)C(=O)O)C1. The van der Waals surface area contributed by atoms with Gasteiger partial charge >= 0.3 is 5.97 Å². The summed E-state index contributed by atoms with van der Waals surface area (Å²) in [5.74, 6) is -0.674. The summed E-state index contributed by atoms with van der Waals surface area (Å²) in [7, 11) is 0. The molecule has 0 aromatic rings. The first-order valence-corrected chi connectivity index (χ1v) is 5.08. The predicted molar refractivity (Wildman–Crippen MR) is 56.4 cm³/mol. The summed E-state index contributed by atoms with van der Waals surface area (Å²) in [5, 5.41) is 16.0. The second kappa shape index (κ2) is 4.97. The summed E-state index contributed by atoms with van der Waals surface area (Å²) in [5.41, 5.74) is 10.8. The number of nitrogens with two attached hydrogens (primary N) is 2. The Morgan fingerprint density at radius 3 is 2.87 bits per heavy atom. The molecule has 0 aromatic carbocycles. The van der Waals surface area contributed by atoms with Crippen LogP contribution in [0.2, 0.25) is 0 Å². The van der Waals surface area contributed by atoms with Gasteiger partial charge in [0.25, 0.3) is 0 Å². The second-order valence-electron chi connectivity index (χ2n) is 4.02. The number of carbonyl (C=O) groups is 1. The van der Waals surface area contributed by atoms with Crippen molar-refractivity contribution in [3.8, 4) is 0 Å². The van der Waals surface area contributed by atoms with E-state index in [9.17, 15) is 4.79 Å². The zero-order valence-electron chi connectivity index (χ0n) is 8.65. The van der Waals surface area contributed by atoms with Crippen molar-refractivity contribution in [3.05, 3.63) is 0 Å². The van der Waals surface area contributed by atoms with Crippen LogP contribution in [-0.4, -0.2) is 41.1 Å². The lowest BCUT2D eigenvalue weighted by molar-refractivity contribution is -0.139. The van der Waals surface area contributed by atoms with E-state index in [0.29, 0.717) is 13.0 Å². The van der Waals surface area contributed by atoms with E-state index in [2.05, 4.69) is 0 Å². The van der Waals surface area contributed by atoms with E-state index in [1.165, 1.54) is 0 Å². The van der Waals surface area contributed by atoms with E-state index in [1.54, 1.807) is 4.90 Å². The average molecular weight is 214 g/mol. The molecule has 0 amide bonds. The number of guanidine groups is 1. The normalized spacial score (nSPS) is 23.5. The lowest BCUT2D eigenvalue weighted by Gasteiger charge is -2.33. The Morgan fingerprint density at radius 1 is 1.67 bits per heavy atom. The van der Waals surface area contributed by atoms with E-state index in [4.69, 9.17) is 22.0 Å². The van der Waals surface area contributed by atoms with Gasteiger partial charge in [-0.05, 0) is 25.2 Å². The monoisotopic (exact) mass is 214 g/mol. The molecule has 1 rings (SSSR count). The number of carboxylic acid groups (broad SMARTS) is 1. The average Bonchev–Trinajstić information content (AvgIpc) is 2.18. The standard InChI is InChI=1S/C9H18N4O2/c10-7(8(14)15)4-6-2-1-3-13(5-6)9(11)12/h6-7H,1-5,10H2,(H3,11,12)(H,14,15). The highest BCUT2D eigenvalue weighted by Crippen LogP contribution is 2.20. The first-order chi connectivity index (χ1) is 7.00. The molecule has 0 aliphatic carbocycles. The predicted octanol–water partition coefficient (Wildman–Crippen LogP) is -0.606. The number of carboxylic acids is 1. The molecule has 6 heteroatoms. The van der Waals surface area contributed by atoms with Gasteiger partial charge in [0.05, 0.1) is 0 Å². The van der Waals surface area contributed by atoms with Gasteiger partial charge < -0.3 is 21.5 Å². The Bertz CT molecular complexity index is 254. The molecule has 1 aliphatic rings. The van der Waals surface area contributed by atoms with Crippen molar-refractivity contribution in [1.82, 2.24) is 4.90 Å². The molecule has 1 saturated heterocycles. The Kier molecular flexibility index (Phi) is 3.90. The van der Waals surface area contributed by atoms with Crippen LogP contribution in [0.3, 0.4) is 0 Å². The molecule has 0 aromatic heterocycles. The molecule has 6 nitrogen and oxygen atoms in total. The molecule has 1 aliphatic heterocycles. The van der Waals surface area contributed by atoms with Crippen LogP contribution < -0.4 is 11.5 Å². The maximum absolute atomic E-state index is 10.6. The molecular formula is C9H18N4O2. The minimum atomic E-state index is -0.963. The van der Waals surface area contributed by atoms with Crippen molar-refractivity contribution >= 4 is 11.9 Å². The highest BCUT2D eigenvalue weighted by molar-refractivity contribution is 5.75. The summed E-state index contributed by atoms with van der Waals surface area (Å²) in [6.07, 6.45) is 2.36. The van der Waals surface area contributed by atoms with Gasteiger partial charge in [-0.1, -0.05) is 0 Å². The molecule has 2 atom stereocenters. The second-order valence-corrected chi connectivity index (χ2v) is 4.02. The summed E-state index contributed by atoms with van der Waals surface area (Å²) >= 11 is 0. The number of nitrogens with zero attached hydrogens (tertiary/aromatic N) is 1. The molecule has 15 heavy (non-hydrogen) atoms. The largest absolute Gasteiger partial charge is 0.480 e. The summed E-state index contributed by atoms with van der Waals surface area (Å²) in [4.78, 5) is 12.3. The van der Waals surface area contributed by atoms with Crippen LogP contribution in [0.25, 0.3) is 0 Å². The minimum absolute atomic E-state index is 0.0589. The number of nitrogens with one attached hydrogen (secondary N) is 1. The fourth-order valence-corrected chi connectivity index (χ4v) is 1.94. The molecule has 1 heterocycles. The topological polar surface area (TPSA) is 116 Å². The molecule has 2 unspecified atom stereocenters. The Hall–Kier alpha value is -1.30. The molecule has 6 N–H and O–H groups in total.